The predicted octanol–water partition coefficient (Wildman–Crippen LogP) is 3.23. The zero-order chi connectivity index (χ0) is 13.9. The normalized spacial score (nSPS) is 13.8. The number of ketones is 1. The molecule has 0 aliphatic heterocycles. The maximum absolute atomic E-state index is 11.7. The third-order valence-electron chi connectivity index (χ3n) is 1.22. The summed E-state index contributed by atoms with van der Waals surface area (Å²) in [5.74, 6) is -0.748. The molecule has 0 N–H and O–H groups in total. The lowest BCUT2D eigenvalue weighted by atomic mass is 10.4. The second-order valence-corrected chi connectivity index (χ2v) is 4.89. The van der Waals surface area contributed by atoms with Crippen LogP contribution < -0.4 is 0 Å². The number of carbonyl (C=O) groups excluding carboxylic acids is 1. The van der Waals surface area contributed by atoms with Gasteiger partial charge in [-0.2, -0.15) is 0 Å². The van der Waals surface area contributed by atoms with E-state index in [4.69, 9.17) is 0 Å². The van der Waals surface area contributed by atoms with Crippen molar-refractivity contribution < 1.29 is 44.7 Å². The molecule has 0 spiro atoms. The van der Waals surface area contributed by atoms with E-state index in [1.54, 1.807) is 0 Å². The summed E-state index contributed by atoms with van der Waals surface area (Å²) in [7, 11) is -5.49. The van der Waals surface area contributed by atoms with Crippen molar-refractivity contribution in [1.29, 1.82) is 0 Å². The van der Waals surface area contributed by atoms with Crippen LogP contribution in [0, 0.1) is 0 Å². The summed E-state index contributed by atoms with van der Waals surface area (Å²) in [6.07, 6.45) is -13.2. The first kappa shape index (κ1) is 16.4. The summed E-state index contributed by atoms with van der Waals surface area (Å²) in [5, 5.41) is 0. The van der Waals surface area contributed by atoms with Gasteiger partial charge >= 0.3 is 20.3 Å². The van der Waals surface area contributed by atoms with Gasteiger partial charge in [-0.05, 0) is 6.92 Å². The molecule has 0 atom stereocenters. The zero-order valence-corrected chi connectivity index (χ0v) is 9.16. The first-order valence-corrected chi connectivity index (χ1v) is 5.69. The average Bonchev–Trinajstić information content (AvgIpc) is 1.93. The van der Waals surface area contributed by atoms with Crippen molar-refractivity contribution >= 4 is 13.4 Å². The Kier molecular flexibility index (Phi) is 5.17. The van der Waals surface area contributed by atoms with Crippen molar-refractivity contribution in [2.45, 2.75) is 26.1 Å². The highest BCUT2D eigenvalue weighted by Crippen LogP contribution is 2.56. The Hall–Kier alpha value is -0.600. The SMILES string of the molecule is CC(=O)CCP(=O)(OC(F)(F)F)OC(F)(F)F. The van der Waals surface area contributed by atoms with E-state index in [2.05, 4.69) is 9.05 Å². The molecule has 0 bridgehead atoms. The molecule has 11 heteroatoms. The van der Waals surface area contributed by atoms with Crippen LogP contribution in [0.3, 0.4) is 0 Å². The average molecular weight is 288 g/mol. The van der Waals surface area contributed by atoms with Gasteiger partial charge in [-0.15, -0.1) is 26.3 Å². The van der Waals surface area contributed by atoms with Gasteiger partial charge in [0.1, 0.15) is 5.78 Å². The molecular weight excluding hydrogens is 281 g/mol. The predicted molar refractivity (Wildman–Crippen MR) is 42.1 cm³/mol. The van der Waals surface area contributed by atoms with Gasteiger partial charge in [-0.1, -0.05) is 0 Å². The van der Waals surface area contributed by atoms with Gasteiger partial charge < -0.3 is 4.79 Å². The van der Waals surface area contributed by atoms with E-state index in [0.29, 0.717) is 0 Å². The molecule has 0 unspecified atom stereocenters. The molecule has 0 aliphatic rings. The fraction of sp³-hybridized carbons (Fsp3) is 0.833. The van der Waals surface area contributed by atoms with Crippen LogP contribution in [0.1, 0.15) is 13.3 Å². The molecule has 0 aliphatic carbocycles. The van der Waals surface area contributed by atoms with Gasteiger partial charge in [0.25, 0.3) is 0 Å². The highest BCUT2D eigenvalue weighted by atomic mass is 31.2. The van der Waals surface area contributed by atoms with E-state index in [0.717, 1.165) is 6.92 Å². The van der Waals surface area contributed by atoms with E-state index >= 15 is 0 Å². The lowest BCUT2D eigenvalue weighted by Gasteiger charge is -2.20. The van der Waals surface area contributed by atoms with E-state index < -0.39 is 38.7 Å². The number of hydrogen-bond donors (Lipinski definition) is 0. The molecule has 0 saturated heterocycles. The first-order chi connectivity index (χ1) is 7.33. The largest absolute Gasteiger partial charge is 0.529 e. The minimum Gasteiger partial charge on any atom is -0.300 e. The zero-order valence-electron chi connectivity index (χ0n) is 8.26. The molecule has 0 aromatic rings. The molecule has 0 rings (SSSR count). The second-order valence-electron chi connectivity index (χ2n) is 2.86. The summed E-state index contributed by atoms with van der Waals surface area (Å²) >= 11 is 0. The summed E-state index contributed by atoms with van der Waals surface area (Å²) < 4.78 is 87.1. The van der Waals surface area contributed by atoms with Crippen LogP contribution in [0.5, 0.6) is 0 Å². The number of carbonyl (C=O) groups is 1. The smallest absolute Gasteiger partial charge is 0.300 e. The minimum absolute atomic E-state index is 0.748. The Morgan fingerprint density at radius 2 is 1.41 bits per heavy atom. The summed E-state index contributed by atoms with van der Waals surface area (Å²) in [6, 6.07) is 0. The third kappa shape index (κ3) is 9.13. The quantitative estimate of drug-likeness (QED) is 0.575. The monoisotopic (exact) mass is 288 g/mol. The van der Waals surface area contributed by atoms with Crippen molar-refractivity contribution in [1.82, 2.24) is 0 Å². The molecular formula is C6H7F6O4P. The molecule has 0 amide bonds. The Morgan fingerprint density at radius 1 is 1.06 bits per heavy atom. The molecule has 0 saturated carbocycles. The van der Waals surface area contributed by atoms with Gasteiger partial charge in [0.2, 0.25) is 0 Å². The summed E-state index contributed by atoms with van der Waals surface area (Å²) in [4.78, 5) is 10.4. The first-order valence-electron chi connectivity index (χ1n) is 3.96. The summed E-state index contributed by atoms with van der Waals surface area (Å²) in [6.45, 7) is 0.908. The Balaban J connectivity index is 4.82. The maximum Gasteiger partial charge on any atom is 0.529 e. The van der Waals surface area contributed by atoms with Crippen LogP contribution in [0.2, 0.25) is 0 Å². The lowest BCUT2D eigenvalue weighted by Crippen LogP contribution is -2.20. The maximum atomic E-state index is 11.7. The molecule has 0 heterocycles. The molecule has 0 radical (unpaired) electrons. The fourth-order valence-corrected chi connectivity index (χ4v) is 2.16. The van der Waals surface area contributed by atoms with Crippen LogP contribution in [-0.4, -0.2) is 24.7 Å². The molecule has 17 heavy (non-hydrogen) atoms. The topological polar surface area (TPSA) is 52.6 Å². The van der Waals surface area contributed by atoms with Gasteiger partial charge in [0, 0.05) is 6.42 Å². The molecule has 102 valence electrons. The Labute approximate surface area is 91.4 Å². The van der Waals surface area contributed by atoms with Gasteiger partial charge in [-0.3, -0.25) is 4.57 Å². The molecule has 0 fully saturated rings. The fourth-order valence-electron chi connectivity index (χ4n) is 0.720. The number of halogens is 6. The number of alkyl halides is 6. The second kappa shape index (κ2) is 5.36. The van der Waals surface area contributed by atoms with Gasteiger partial charge in [-0.25, -0.2) is 9.05 Å². The van der Waals surface area contributed by atoms with Crippen molar-refractivity contribution in [2.24, 2.45) is 0 Å². The van der Waals surface area contributed by atoms with E-state index in [-0.39, 0.29) is 0 Å². The highest BCUT2D eigenvalue weighted by molar-refractivity contribution is 7.53. The number of rotatable bonds is 5. The van der Waals surface area contributed by atoms with Crippen LogP contribution in [0.25, 0.3) is 0 Å². The number of hydrogen-bond acceptors (Lipinski definition) is 4. The van der Waals surface area contributed by atoms with E-state index in [9.17, 15) is 35.7 Å². The number of Topliss-reactive ketones (excluding diaryl/α,β-unsaturated/α-hetero) is 1. The standard InChI is InChI=1S/C6H7F6O4P/c1-4(13)2-3-17(14,15-5(7,8)9)16-6(10,11)12/h2-3H2,1H3. The van der Waals surface area contributed by atoms with Crippen LogP contribution >= 0.6 is 7.60 Å². The van der Waals surface area contributed by atoms with Crippen LogP contribution in [-0.2, 0) is 18.4 Å². The van der Waals surface area contributed by atoms with Crippen LogP contribution in [0.15, 0.2) is 0 Å². The van der Waals surface area contributed by atoms with Crippen molar-refractivity contribution in [3.8, 4) is 0 Å². The van der Waals surface area contributed by atoms with Gasteiger partial charge in [0.15, 0.2) is 0 Å². The van der Waals surface area contributed by atoms with Gasteiger partial charge in [0.05, 0.1) is 6.16 Å². The minimum atomic E-state index is -5.56. The Morgan fingerprint density at radius 3 is 1.65 bits per heavy atom. The molecule has 4 nitrogen and oxygen atoms in total. The Bertz CT molecular complexity index is 301. The van der Waals surface area contributed by atoms with Crippen molar-refractivity contribution in [2.75, 3.05) is 6.16 Å². The van der Waals surface area contributed by atoms with E-state index in [1.807, 2.05) is 0 Å². The highest BCUT2D eigenvalue weighted by Gasteiger charge is 2.48. The third-order valence-corrected chi connectivity index (χ3v) is 2.96. The van der Waals surface area contributed by atoms with E-state index in [1.165, 1.54) is 0 Å². The lowest BCUT2D eigenvalue weighted by molar-refractivity contribution is -0.307. The van der Waals surface area contributed by atoms with Crippen molar-refractivity contribution in [3.63, 3.8) is 0 Å². The molecule has 0 aromatic carbocycles. The van der Waals surface area contributed by atoms with Crippen LogP contribution in [0.4, 0.5) is 26.3 Å². The molecule has 0 aromatic heterocycles. The van der Waals surface area contributed by atoms with Crippen molar-refractivity contribution in [3.05, 3.63) is 0 Å². The summed E-state index contributed by atoms with van der Waals surface area (Å²) in [5.41, 5.74) is 0.